The lowest BCUT2D eigenvalue weighted by molar-refractivity contribution is 0.0321. The van der Waals surface area contributed by atoms with Crippen molar-refractivity contribution in [3.05, 3.63) is 34.6 Å². The average molecular weight is 300 g/mol. The van der Waals surface area contributed by atoms with Crippen LogP contribution >= 0.6 is 11.6 Å². The molecular formula is C16H23ClFNO. The Hall–Kier alpha value is -0.640. The SMILES string of the molecule is CCCNC(Cc1ccc(F)cc1Cl)C1CCC(C)O1. The highest BCUT2D eigenvalue weighted by Crippen LogP contribution is 2.26. The molecule has 1 heterocycles. The van der Waals surface area contributed by atoms with E-state index in [4.69, 9.17) is 16.3 Å². The lowest BCUT2D eigenvalue weighted by Gasteiger charge is -2.25. The van der Waals surface area contributed by atoms with E-state index in [1.54, 1.807) is 6.07 Å². The lowest BCUT2D eigenvalue weighted by atomic mass is 9.99. The summed E-state index contributed by atoms with van der Waals surface area (Å²) in [5, 5.41) is 4.04. The van der Waals surface area contributed by atoms with Crippen LogP contribution in [0.25, 0.3) is 0 Å². The molecule has 0 aromatic heterocycles. The van der Waals surface area contributed by atoms with E-state index >= 15 is 0 Å². The number of rotatable bonds is 6. The summed E-state index contributed by atoms with van der Waals surface area (Å²) < 4.78 is 19.1. The van der Waals surface area contributed by atoms with Gasteiger partial charge in [0.05, 0.1) is 12.2 Å². The summed E-state index contributed by atoms with van der Waals surface area (Å²) in [6.45, 7) is 5.21. The van der Waals surface area contributed by atoms with Crippen LogP contribution in [0.3, 0.4) is 0 Å². The molecule has 1 aromatic rings. The van der Waals surface area contributed by atoms with E-state index in [1.165, 1.54) is 12.1 Å². The van der Waals surface area contributed by atoms with Crippen molar-refractivity contribution in [2.75, 3.05) is 6.54 Å². The summed E-state index contributed by atoms with van der Waals surface area (Å²) in [6, 6.07) is 4.86. The fourth-order valence-corrected chi connectivity index (χ4v) is 2.96. The van der Waals surface area contributed by atoms with E-state index in [1.807, 2.05) is 0 Å². The smallest absolute Gasteiger partial charge is 0.124 e. The minimum absolute atomic E-state index is 0.220. The molecule has 1 fully saturated rings. The summed E-state index contributed by atoms with van der Waals surface area (Å²) in [5.74, 6) is -0.289. The number of hydrogen-bond donors (Lipinski definition) is 1. The molecular weight excluding hydrogens is 277 g/mol. The number of ether oxygens (including phenoxy) is 1. The predicted octanol–water partition coefficient (Wildman–Crippen LogP) is 3.96. The van der Waals surface area contributed by atoms with Crippen molar-refractivity contribution in [2.45, 2.75) is 57.8 Å². The van der Waals surface area contributed by atoms with Gasteiger partial charge in [-0.2, -0.15) is 0 Å². The van der Waals surface area contributed by atoms with Crippen LogP contribution in [0.5, 0.6) is 0 Å². The quantitative estimate of drug-likeness (QED) is 0.858. The topological polar surface area (TPSA) is 21.3 Å². The van der Waals surface area contributed by atoms with Gasteiger partial charge in [-0.05, 0) is 56.8 Å². The minimum Gasteiger partial charge on any atom is -0.374 e. The van der Waals surface area contributed by atoms with Crippen LogP contribution in [0.1, 0.15) is 38.7 Å². The largest absolute Gasteiger partial charge is 0.374 e. The van der Waals surface area contributed by atoms with Gasteiger partial charge < -0.3 is 10.1 Å². The maximum absolute atomic E-state index is 13.1. The Morgan fingerprint density at radius 2 is 2.25 bits per heavy atom. The van der Waals surface area contributed by atoms with Crippen LogP contribution < -0.4 is 5.32 Å². The zero-order valence-corrected chi connectivity index (χ0v) is 12.9. The first kappa shape index (κ1) is 15.7. The molecule has 1 aliphatic heterocycles. The van der Waals surface area contributed by atoms with Crippen LogP contribution in [0.2, 0.25) is 5.02 Å². The van der Waals surface area contributed by atoms with Crippen molar-refractivity contribution in [1.29, 1.82) is 0 Å². The standard InChI is InChI=1S/C16H23ClFNO/c1-3-8-19-15(16-7-4-11(2)20-16)9-12-5-6-13(18)10-14(12)17/h5-6,10-11,15-16,19H,3-4,7-9H2,1-2H3. The zero-order chi connectivity index (χ0) is 14.5. The molecule has 0 aliphatic carbocycles. The molecule has 112 valence electrons. The van der Waals surface area contributed by atoms with Gasteiger partial charge in [-0.1, -0.05) is 24.6 Å². The third-order valence-corrected chi connectivity index (χ3v) is 4.18. The highest BCUT2D eigenvalue weighted by Gasteiger charge is 2.29. The second-order valence-electron chi connectivity index (χ2n) is 5.56. The van der Waals surface area contributed by atoms with Crippen LogP contribution in [-0.2, 0) is 11.2 Å². The highest BCUT2D eigenvalue weighted by atomic mass is 35.5. The first-order valence-electron chi connectivity index (χ1n) is 7.43. The average Bonchev–Trinajstić information content (AvgIpc) is 2.83. The van der Waals surface area contributed by atoms with Crippen molar-refractivity contribution < 1.29 is 9.13 Å². The Kier molecular flexibility index (Phi) is 5.82. The van der Waals surface area contributed by atoms with Crippen molar-refractivity contribution >= 4 is 11.6 Å². The van der Waals surface area contributed by atoms with Gasteiger partial charge in [-0.15, -0.1) is 0 Å². The Morgan fingerprint density at radius 3 is 2.85 bits per heavy atom. The Labute approximate surface area is 125 Å². The molecule has 1 saturated heterocycles. The lowest BCUT2D eigenvalue weighted by Crippen LogP contribution is -2.42. The Balaban J connectivity index is 2.06. The molecule has 1 N–H and O–H groups in total. The summed E-state index contributed by atoms with van der Waals surface area (Å²) in [6.07, 6.45) is 4.58. The molecule has 4 heteroatoms. The van der Waals surface area contributed by atoms with E-state index in [0.29, 0.717) is 11.1 Å². The van der Waals surface area contributed by atoms with Gasteiger partial charge in [0.15, 0.2) is 0 Å². The molecule has 0 saturated carbocycles. The third-order valence-electron chi connectivity index (χ3n) is 3.83. The summed E-state index contributed by atoms with van der Waals surface area (Å²) in [5.41, 5.74) is 0.977. The molecule has 2 nitrogen and oxygen atoms in total. The first-order valence-corrected chi connectivity index (χ1v) is 7.80. The molecule has 0 bridgehead atoms. The monoisotopic (exact) mass is 299 g/mol. The van der Waals surface area contributed by atoms with Crippen LogP contribution in [-0.4, -0.2) is 24.8 Å². The minimum atomic E-state index is -0.289. The molecule has 2 rings (SSSR count). The molecule has 0 spiro atoms. The predicted molar refractivity (Wildman–Crippen MR) is 80.8 cm³/mol. The van der Waals surface area contributed by atoms with Gasteiger partial charge in [-0.3, -0.25) is 0 Å². The number of benzene rings is 1. The second kappa shape index (κ2) is 7.39. The van der Waals surface area contributed by atoms with Gasteiger partial charge in [0.1, 0.15) is 5.82 Å². The van der Waals surface area contributed by atoms with E-state index in [9.17, 15) is 4.39 Å². The Bertz CT molecular complexity index is 440. The summed E-state index contributed by atoms with van der Waals surface area (Å²) >= 11 is 6.13. The van der Waals surface area contributed by atoms with Crippen molar-refractivity contribution in [2.24, 2.45) is 0 Å². The number of halogens is 2. The van der Waals surface area contributed by atoms with E-state index < -0.39 is 0 Å². The van der Waals surface area contributed by atoms with Crippen molar-refractivity contribution in [3.63, 3.8) is 0 Å². The molecule has 0 radical (unpaired) electrons. The number of hydrogen-bond acceptors (Lipinski definition) is 2. The van der Waals surface area contributed by atoms with E-state index in [2.05, 4.69) is 19.2 Å². The summed E-state index contributed by atoms with van der Waals surface area (Å²) in [4.78, 5) is 0. The molecule has 3 atom stereocenters. The number of nitrogens with one attached hydrogen (secondary N) is 1. The zero-order valence-electron chi connectivity index (χ0n) is 12.2. The molecule has 1 aromatic carbocycles. The maximum Gasteiger partial charge on any atom is 0.124 e. The van der Waals surface area contributed by atoms with Gasteiger partial charge in [0.2, 0.25) is 0 Å². The fourth-order valence-electron chi connectivity index (χ4n) is 2.72. The second-order valence-corrected chi connectivity index (χ2v) is 5.97. The van der Waals surface area contributed by atoms with E-state index in [0.717, 1.165) is 37.8 Å². The third kappa shape index (κ3) is 4.18. The summed E-state index contributed by atoms with van der Waals surface area (Å²) in [7, 11) is 0. The maximum atomic E-state index is 13.1. The molecule has 0 amide bonds. The normalized spacial score (nSPS) is 24.0. The van der Waals surface area contributed by atoms with Gasteiger partial charge in [0, 0.05) is 11.1 Å². The van der Waals surface area contributed by atoms with Gasteiger partial charge in [-0.25, -0.2) is 4.39 Å². The van der Waals surface area contributed by atoms with Crippen molar-refractivity contribution in [3.8, 4) is 0 Å². The van der Waals surface area contributed by atoms with E-state index in [-0.39, 0.29) is 18.0 Å². The van der Waals surface area contributed by atoms with Crippen LogP contribution in [0.15, 0.2) is 18.2 Å². The Morgan fingerprint density at radius 1 is 1.45 bits per heavy atom. The first-order chi connectivity index (χ1) is 9.60. The van der Waals surface area contributed by atoms with Crippen molar-refractivity contribution in [1.82, 2.24) is 5.32 Å². The molecule has 20 heavy (non-hydrogen) atoms. The molecule has 3 unspecified atom stereocenters. The van der Waals surface area contributed by atoms with Crippen LogP contribution in [0.4, 0.5) is 4.39 Å². The fraction of sp³-hybridized carbons (Fsp3) is 0.625. The van der Waals surface area contributed by atoms with Gasteiger partial charge in [0.25, 0.3) is 0 Å². The molecule has 1 aliphatic rings. The van der Waals surface area contributed by atoms with Gasteiger partial charge >= 0.3 is 0 Å². The highest BCUT2D eigenvalue weighted by molar-refractivity contribution is 6.31. The van der Waals surface area contributed by atoms with Crippen LogP contribution in [0, 0.1) is 5.82 Å².